The van der Waals surface area contributed by atoms with Crippen LogP contribution in [0.15, 0.2) is 48.7 Å². The number of carbonyl (C=O) groups is 3. The molecule has 0 atom stereocenters. The molecule has 2 aromatic rings. The Hall–Kier alpha value is -3.41. The first kappa shape index (κ1) is 14.5. The van der Waals surface area contributed by atoms with Gasteiger partial charge in [0, 0.05) is 27.9 Å². The normalized spacial score (nSPS) is 14.4. The molecule has 0 unspecified atom stereocenters. The molecule has 0 spiro atoms. The van der Waals surface area contributed by atoms with Crippen LogP contribution in [0.1, 0.15) is 31.8 Å². The molecule has 1 aliphatic heterocycles. The van der Waals surface area contributed by atoms with Crippen LogP contribution in [0.3, 0.4) is 0 Å². The molecule has 4 N–H and O–H groups in total. The van der Waals surface area contributed by atoms with Gasteiger partial charge in [0.15, 0.2) is 5.78 Å². The van der Waals surface area contributed by atoms with Crippen molar-refractivity contribution in [3.05, 3.63) is 71.0 Å². The summed E-state index contributed by atoms with van der Waals surface area (Å²) in [5, 5.41) is 11.8. The number of rotatable bonds is 3. The monoisotopic (exact) mass is 308 g/mol. The van der Waals surface area contributed by atoms with Crippen LogP contribution >= 0.6 is 0 Å². The third kappa shape index (κ3) is 2.46. The lowest BCUT2D eigenvalue weighted by molar-refractivity contribution is -0.110. The second-order valence-electron chi connectivity index (χ2n) is 5.03. The van der Waals surface area contributed by atoms with E-state index < -0.39 is 11.8 Å². The number of hydrogen-bond acceptors (Lipinski definition) is 4. The van der Waals surface area contributed by atoms with Gasteiger partial charge in [-0.3, -0.25) is 14.4 Å². The molecule has 2 aromatic carbocycles. The number of hydrogen-bond donors (Lipinski definition) is 3. The van der Waals surface area contributed by atoms with Crippen LogP contribution < -0.4 is 11.1 Å². The van der Waals surface area contributed by atoms with Gasteiger partial charge in [0.1, 0.15) is 0 Å². The molecule has 0 aliphatic carbocycles. The number of primary amides is 1. The highest BCUT2D eigenvalue weighted by atomic mass is 16.2. The fourth-order valence-electron chi connectivity index (χ4n) is 2.44. The van der Waals surface area contributed by atoms with Crippen LogP contribution in [-0.4, -0.2) is 22.7 Å². The minimum atomic E-state index is -0.617. The zero-order chi connectivity index (χ0) is 16.6. The predicted molar refractivity (Wildman–Crippen MR) is 84.1 cm³/mol. The summed E-state index contributed by atoms with van der Waals surface area (Å²) in [6, 6.07) is 10.8. The molecule has 0 saturated heterocycles. The third-order valence-electron chi connectivity index (χ3n) is 3.60. The minimum absolute atomic E-state index is 0.0977. The average Bonchev–Trinajstić information content (AvgIpc) is 2.88. The first-order chi connectivity index (χ1) is 11.0. The Morgan fingerprint density at radius 1 is 1.04 bits per heavy atom. The van der Waals surface area contributed by atoms with Gasteiger partial charge in [0.05, 0.1) is 11.8 Å². The topological polar surface area (TPSA) is 109 Å². The maximum atomic E-state index is 12.6. The van der Waals surface area contributed by atoms with E-state index in [1.807, 2.05) is 0 Å². The molecule has 0 radical (unpaired) electrons. The molecule has 114 valence electrons. The van der Waals surface area contributed by atoms with E-state index in [1.54, 1.807) is 24.3 Å². The van der Waals surface area contributed by atoms with Crippen molar-refractivity contribution in [3.8, 4) is 0 Å². The van der Waals surface area contributed by atoms with Crippen LogP contribution in [-0.2, 0) is 4.79 Å². The highest BCUT2D eigenvalue weighted by molar-refractivity contribution is 6.31. The number of ketones is 1. The number of carbonyl (C=O) groups excluding carboxylic acids is 3. The highest BCUT2D eigenvalue weighted by Crippen LogP contribution is 2.32. The molecular weight excluding hydrogens is 296 g/mol. The van der Waals surface area contributed by atoms with Gasteiger partial charge in [0.25, 0.3) is 5.91 Å². The minimum Gasteiger partial charge on any atom is -0.515 e. The lowest BCUT2D eigenvalue weighted by Gasteiger charge is -2.05. The van der Waals surface area contributed by atoms with Crippen molar-refractivity contribution < 1.29 is 19.5 Å². The quantitative estimate of drug-likeness (QED) is 0.457. The Balaban J connectivity index is 2.02. The van der Waals surface area contributed by atoms with E-state index in [0.717, 1.165) is 0 Å². The summed E-state index contributed by atoms with van der Waals surface area (Å²) in [7, 11) is 0. The van der Waals surface area contributed by atoms with Gasteiger partial charge in [-0.2, -0.15) is 0 Å². The number of amides is 2. The molecule has 3 rings (SSSR count). The van der Waals surface area contributed by atoms with Gasteiger partial charge in [-0.15, -0.1) is 0 Å². The molecule has 23 heavy (non-hydrogen) atoms. The summed E-state index contributed by atoms with van der Waals surface area (Å²) in [4.78, 5) is 35.4. The molecule has 1 heterocycles. The van der Waals surface area contributed by atoms with E-state index in [2.05, 4.69) is 5.32 Å². The Kier molecular flexibility index (Phi) is 3.42. The standard InChI is InChI=1S/C17H12N2O4/c18-16(22)11-3-1-2-9(6-11)15(21)10-4-5-14-12(7-10)13(8-20)17(23)19-14/h1-8,20H,(H2,18,22)(H,19,23). The molecule has 2 amide bonds. The summed E-state index contributed by atoms with van der Waals surface area (Å²) in [6.45, 7) is 0. The Bertz CT molecular complexity index is 884. The lowest BCUT2D eigenvalue weighted by atomic mass is 9.98. The van der Waals surface area contributed by atoms with Crippen LogP contribution in [0.5, 0.6) is 0 Å². The van der Waals surface area contributed by atoms with Crippen molar-refractivity contribution >= 4 is 28.9 Å². The molecule has 0 bridgehead atoms. The van der Waals surface area contributed by atoms with Crippen LogP contribution in [0, 0.1) is 0 Å². The van der Waals surface area contributed by atoms with Gasteiger partial charge in [-0.25, -0.2) is 0 Å². The smallest absolute Gasteiger partial charge is 0.259 e. The molecule has 6 heteroatoms. The fraction of sp³-hybridized carbons (Fsp3) is 0. The zero-order valence-electron chi connectivity index (χ0n) is 11.9. The Labute approximate surface area is 131 Å². The number of aliphatic hydroxyl groups is 1. The van der Waals surface area contributed by atoms with Crippen molar-refractivity contribution in [2.24, 2.45) is 5.73 Å². The molecule has 1 aliphatic rings. The molecule has 6 nitrogen and oxygen atoms in total. The fourth-order valence-corrected chi connectivity index (χ4v) is 2.44. The first-order valence-corrected chi connectivity index (χ1v) is 6.76. The molecule has 0 saturated carbocycles. The average molecular weight is 308 g/mol. The highest BCUT2D eigenvalue weighted by Gasteiger charge is 2.25. The van der Waals surface area contributed by atoms with Crippen LogP contribution in [0.2, 0.25) is 0 Å². The maximum Gasteiger partial charge on any atom is 0.259 e. The lowest BCUT2D eigenvalue weighted by Crippen LogP contribution is -2.12. The van der Waals surface area contributed by atoms with Crippen LogP contribution in [0.4, 0.5) is 5.69 Å². The van der Waals surface area contributed by atoms with E-state index >= 15 is 0 Å². The summed E-state index contributed by atoms with van der Waals surface area (Å²) < 4.78 is 0. The van der Waals surface area contributed by atoms with Gasteiger partial charge in [0.2, 0.25) is 5.91 Å². The van der Waals surface area contributed by atoms with Crippen molar-refractivity contribution in [3.63, 3.8) is 0 Å². The predicted octanol–water partition coefficient (Wildman–Crippen LogP) is 1.87. The molecule has 0 fully saturated rings. The van der Waals surface area contributed by atoms with Crippen molar-refractivity contribution in [1.29, 1.82) is 0 Å². The van der Waals surface area contributed by atoms with Crippen molar-refractivity contribution in [1.82, 2.24) is 0 Å². The van der Waals surface area contributed by atoms with Crippen molar-refractivity contribution in [2.75, 3.05) is 5.32 Å². The number of benzene rings is 2. The van der Waals surface area contributed by atoms with Gasteiger partial charge >= 0.3 is 0 Å². The van der Waals surface area contributed by atoms with Crippen molar-refractivity contribution in [2.45, 2.75) is 0 Å². The number of nitrogens with one attached hydrogen (secondary N) is 1. The van der Waals surface area contributed by atoms with Crippen LogP contribution in [0.25, 0.3) is 5.57 Å². The summed E-state index contributed by atoms with van der Waals surface area (Å²) in [5.41, 5.74) is 7.18. The Morgan fingerprint density at radius 2 is 1.74 bits per heavy atom. The SMILES string of the molecule is NC(=O)c1cccc(C(=O)c2ccc3c(c2)C(=CO)C(=O)N3)c1. The summed E-state index contributed by atoms with van der Waals surface area (Å²) in [6.07, 6.45) is 0.711. The summed E-state index contributed by atoms with van der Waals surface area (Å²) in [5.74, 6) is -1.36. The number of fused-ring (bicyclic) bond motifs is 1. The van der Waals surface area contributed by atoms with Gasteiger partial charge in [-0.05, 0) is 30.3 Å². The Morgan fingerprint density at radius 3 is 2.43 bits per heavy atom. The first-order valence-electron chi connectivity index (χ1n) is 6.76. The summed E-state index contributed by atoms with van der Waals surface area (Å²) >= 11 is 0. The van der Waals surface area contributed by atoms with E-state index in [9.17, 15) is 14.4 Å². The van der Waals surface area contributed by atoms with E-state index in [1.165, 1.54) is 18.2 Å². The van der Waals surface area contributed by atoms with Gasteiger partial charge in [-0.1, -0.05) is 12.1 Å². The number of aliphatic hydroxyl groups excluding tert-OH is 1. The largest absolute Gasteiger partial charge is 0.515 e. The van der Waals surface area contributed by atoms with E-state index in [0.29, 0.717) is 28.6 Å². The third-order valence-corrected chi connectivity index (χ3v) is 3.60. The zero-order valence-corrected chi connectivity index (χ0v) is 11.9. The van der Waals surface area contributed by atoms with E-state index in [4.69, 9.17) is 10.8 Å². The second-order valence-corrected chi connectivity index (χ2v) is 5.03. The maximum absolute atomic E-state index is 12.6. The number of anilines is 1. The van der Waals surface area contributed by atoms with Gasteiger partial charge < -0.3 is 16.2 Å². The second kappa shape index (κ2) is 5.42. The number of nitrogens with two attached hydrogens (primary N) is 1. The molecule has 0 aromatic heterocycles. The molecular formula is C17H12N2O4. The van der Waals surface area contributed by atoms with E-state index in [-0.39, 0.29) is 16.9 Å².